The summed E-state index contributed by atoms with van der Waals surface area (Å²) in [6.07, 6.45) is 5.68. The Kier molecular flexibility index (Phi) is 4.72. The van der Waals surface area contributed by atoms with Crippen LogP contribution in [-0.2, 0) is 9.53 Å². The minimum atomic E-state index is -0.781. The largest absolute Gasteiger partial charge is 0.481 e. The maximum absolute atomic E-state index is 11.6. The van der Waals surface area contributed by atoms with Crippen LogP contribution in [0.3, 0.4) is 0 Å². The fourth-order valence-corrected chi connectivity index (χ4v) is 2.60. The number of aliphatic carboxylic acids is 1. The zero-order valence-corrected chi connectivity index (χ0v) is 12.0. The fourth-order valence-electron chi connectivity index (χ4n) is 2.60. The number of carbonyl (C=O) groups is 2. The lowest BCUT2D eigenvalue weighted by Crippen LogP contribution is -2.39. The quantitative estimate of drug-likeness (QED) is 0.797. The summed E-state index contributed by atoms with van der Waals surface area (Å²) >= 11 is 0. The maximum Gasteiger partial charge on any atom is 0.376 e. The molecule has 0 saturated heterocycles. The molecule has 0 atom stereocenters. The Labute approximate surface area is 122 Å². The van der Waals surface area contributed by atoms with Crippen molar-refractivity contribution < 1.29 is 19.4 Å². The van der Waals surface area contributed by atoms with E-state index >= 15 is 0 Å². The van der Waals surface area contributed by atoms with Crippen LogP contribution in [0.5, 0.6) is 0 Å². The van der Waals surface area contributed by atoms with Crippen molar-refractivity contribution in [3.8, 4) is 0 Å². The average Bonchev–Trinajstić information content (AvgIpc) is 2.53. The molecule has 0 spiro atoms. The number of carbonyl (C=O) groups excluding carboxylic acids is 1. The van der Waals surface area contributed by atoms with E-state index in [-0.39, 0.29) is 5.82 Å². The van der Waals surface area contributed by atoms with Crippen LogP contribution in [0.25, 0.3) is 0 Å². The molecule has 1 aromatic heterocycles. The Hall–Kier alpha value is -2.18. The molecule has 21 heavy (non-hydrogen) atoms. The molecule has 114 valence electrons. The Morgan fingerprint density at radius 1 is 1.38 bits per heavy atom. The van der Waals surface area contributed by atoms with Gasteiger partial charge in [-0.2, -0.15) is 0 Å². The number of carboxylic acid groups (broad SMARTS) is 1. The molecule has 1 saturated carbocycles. The first-order valence-corrected chi connectivity index (χ1v) is 6.96. The summed E-state index contributed by atoms with van der Waals surface area (Å²) in [7, 11) is 1.26. The number of anilines is 1. The average molecular weight is 293 g/mol. The molecule has 1 aliphatic carbocycles. The predicted molar refractivity (Wildman–Crippen MR) is 75.0 cm³/mol. The van der Waals surface area contributed by atoms with Gasteiger partial charge in [0.15, 0.2) is 0 Å². The highest BCUT2D eigenvalue weighted by atomic mass is 16.5. The van der Waals surface area contributed by atoms with E-state index in [2.05, 4.69) is 20.0 Å². The van der Waals surface area contributed by atoms with Gasteiger partial charge in [0.25, 0.3) is 0 Å². The number of ether oxygens (including phenoxy) is 1. The van der Waals surface area contributed by atoms with Crippen molar-refractivity contribution in [2.45, 2.75) is 32.1 Å². The van der Waals surface area contributed by atoms with Crippen LogP contribution in [0.15, 0.2) is 12.3 Å². The third kappa shape index (κ3) is 3.48. The summed E-state index contributed by atoms with van der Waals surface area (Å²) in [5, 5.41) is 12.5. The summed E-state index contributed by atoms with van der Waals surface area (Å²) in [4.78, 5) is 30.8. The van der Waals surface area contributed by atoms with E-state index in [4.69, 9.17) is 0 Å². The first-order valence-electron chi connectivity index (χ1n) is 6.96. The van der Waals surface area contributed by atoms with Crippen molar-refractivity contribution in [2.75, 3.05) is 19.0 Å². The molecule has 2 N–H and O–H groups in total. The fraction of sp³-hybridized carbons (Fsp3) is 0.571. The molecule has 2 rings (SSSR count). The Balaban J connectivity index is 2.07. The molecular weight excluding hydrogens is 274 g/mol. The molecule has 7 nitrogen and oxygen atoms in total. The van der Waals surface area contributed by atoms with Crippen LogP contribution in [0, 0.1) is 5.41 Å². The van der Waals surface area contributed by atoms with Crippen molar-refractivity contribution >= 4 is 17.8 Å². The SMILES string of the molecule is COC(=O)c1nccc(NCC2(C(=O)O)CCCCC2)n1. The van der Waals surface area contributed by atoms with Gasteiger partial charge in [-0.1, -0.05) is 19.3 Å². The highest BCUT2D eigenvalue weighted by Gasteiger charge is 2.39. The van der Waals surface area contributed by atoms with Crippen molar-refractivity contribution in [3.05, 3.63) is 18.1 Å². The van der Waals surface area contributed by atoms with E-state index < -0.39 is 17.4 Å². The number of hydrogen-bond donors (Lipinski definition) is 2. The van der Waals surface area contributed by atoms with Crippen molar-refractivity contribution in [1.82, 2.24) is 9.97 Å². The molecule has 0 radical (unpaired) electrons. The summed E-state index contributed by atoms with van der Waals surface area (Å²) in [6, 6.07) is 1.60. The summed E-state index contributed by atoms with van der Waals surface area (Å²) in [6.45, 7) is 0.292. The highest BCUT2D eigenvalue weighted by molar-refractivity contribution is 5.85. The lowest BCUT2D eigenvalue weighted by molar-refractivity contribution is -0.150. The van der Waals surface area contributed by atoms with Gasteiger partial charge in [0.05, 0.1) is 12.5 Å². The van der Waals surface area contributed by atoms with Crippen molar-refractivity contribution in [1.29, 1.82) is 0 Å². The minimum absolute atomic E-state index is 0.0458. The number of rotatable bonds is 5. The lowest BCUT2D eigenvalue weighted by Gasteiger charge is -2.33. The molecule has 1 aromatic rings. The molecular formula is C14H19N3O4. The monoisotopic (exact) mass is 293 g/mol. The number of methoxy groups -OCH3 is 1. The highest BCUT2D eigenvalue weighted by Crippen LogP contribution is 2.36. The van der Waals surface area contributed by atoms with Crippen LogP contribution >= 0.6 is 0 Å². The van der Waals surface area contributed by atoms with Gasteiger partial charge >= 0.3 is 11.9 Å². The first-order chi connectivity index (χ1) is 10.1. The van der Waals surface area contributed by atoms with E-state index in [0.717, 1.165) is 19.3 Å². The third-order valence-electron chi connectivity index (χ3n) is 3.90. The molecule has 0 aromatic carbocycles. The van der Waals surface area contributed by atoms with Gasteiger partial charge < -0.3 is 15.2 Å². The lowest BCUT2D eigenvalue weighted by atomic mass is 9.74. The van der Waals surface area contributed by atoms with E-state index in [1.165, 1.54) is 13.3 Å². The Morgan fingerprint density at radius 2 is 2.10 bits per heavy atom. The molecule has 7 heteroatoms. The minimum Gasteiger partial charge on any atom is -0.481 e. The predicted octanol–water partition coefficient (Wildman–Crippen LogP) is 1.71. The number of carboxylic acids is 1. The summed E-state index contributed by atoms with van der Waals surface area (Å²) in [5.74, 6) is -1.02. The molecule has 1 fully saturated rings. The van der Waals surface area contributed by atoms with Crippen molar-refractivity contribution in [2.24, 2.45) is 5.41 Å². The van der Waals surface area contributed by atoms with E-state index in [1.54, 1.807) is 6.07 Å². The number of aromatic nitrogens is 2. The molecule has 0 aliphatic heterocycles. The third-order valence-corrected chi connectivity index (χ3v) is 3.90. The van der Waals surface area contributed by atoms with Gasteiger partial charge in [-0.05, 0) is 18.9 Å². The van der Waals surface area contributed by atoms with Crippen LogP contribution in [0.1, 0.15) is 42.7 Å². The van der Waals surface area contributed by atoms with E-state index in [0.29, 0.717) is 25.2 Å². The van der Waals surface area contributed by atoms with Crippen LogP contribution in [0.2, 0.25) is 0 Å². The Bertz CT molecular complexity index is 527. The zero-order valence-electron chi connectivity index (χ0n) is 12.0. The normalized spacial score (nSPS) is 17.0. The maximum atomic E-state index is 11.6. The van der Waals surface area contributed by atoms with Crippen molar-refractivity contribution in [3.63, 3.8) is 0 Å². The van der Waals surface area contributed by atoms with Gasteiger partial charge in [-0.15, -0.1) is 0 Å². The van der Waals surface area contributed by atoms with Gasteiger partial charge in [0, 0.05) is 12.7 Å². The number of esters is 1. The van der Waals surface area contributed by atoms with Crippen LogP contribution in [-0.4, -0.2) is 40.7 Å². The molecule has 0 bridgehead atoms. The molecule has 0 unspecified atom stereocenters. The Morgan fingerprint density at radius 3 is 2.71 bits per heavy atom. The second-order valence-electron chi connectivity index (χ2n) is 5.26. The smallest absolute Gasteiger partial charge is 0.376 e. The second kappa shape index (κ2) is 6.51. The first kappa shape index (κ1) is 15.2. The van der Waals surface area contributed by atoms with Gasteiger partial charge in [-0.25, -0.2) is 14.8 Å². The number of nitrogens with one attached hydrogen (secondary N) is 1. The number of hydrogen-bond acceptors (Lipinski definition) is 6. The summed E-state index contributed by atoms with van der Waals surface area (Å²) < 4.78 is 4.56. The van der Waals surface area contributed by atoms with Crippen LogP contribution < -0.4 is 5.32 Å². The van der Waals surface area contributed by atoms with Gasteiger partial charge in [-0.3, -0.25) is 4.79 Å². The summed E-state index contributed by atoms with van der Waals surface area (Å²) in [5.41, 5.74) is -0.755. The van der Waals surface area contributed by atoms with Crippen LogP contribution in [0.4, 0.5) is 5.82 Å². The molecule has 0 amide bonds. The number of nitrogens with zero attached hydrogens (tertiary/aromatic N) is 2. The van der Waals surface area contributed by atoms with E-state index in [1.807, 2.05) is 0 Å². The zero-order chi connectivity index (χ0) is 15.3. The molecule has 1 aliphatic rings. The standard InChI is InChI=1S/C14H19N3O4/c1-21-12(18)11-15-8-5-10(17-11)16-9-14(13(19)20)6-3-2-4-7-14/h5,8H,2-4,6-7,9H2,1H3,(H,19,20)(H,15,16,17). The topological polar surface area (TPSA) is 101 Å². The van der Waals surface area contributed by atoms with Gasteiger partial charge in [0.2, 0.25) is 5.82 Å². The molecule has 1 heterocycles. The van der Waals surface area contributed by atoms with E-state index in [9.17, 15) is 14.7 Å². The second-order valence-corrected chi connectivity index (χ2v) is 5.26. The van der Waals surface area contributed by atoms with Gasteiger partial charge in [0.1, 0.15) is 5.82 Å².